The zero-order chi connectivity index (χ0) is 23.0. The van der Waals surface area contributed by atoms with Crippen LogP contribution in [0.1, 0.15) is 27.4 Å². The number of nitrogens with one attached hydrogen (secondary N) is 1. The maximum Gasteiger partial charge on any atom is 0.248 e. The van der Waals surface area contributed by atoms with E-state index in [4.69, 9.17) is 4.74 Å². The molecule has 172 valence electrons. The van der Waals surface area contributed by atoms with E-state index in [9.17, 15) is 4.79 Å². The number of benzene rings is 2. The van der Waals surface area contributed by atoms with Gasteiger partial charge in [0.05, 0.1) is 10.7 Å². The number of thioether (sulfide) groups is 1. The first-order valence-electron chi connectivity index (χ1n) is 11.1. The Kier molecular flexibility index (Phi) is 8.20. The molecule has 0 atom stereocenters. The number of ether oxygens (including phenoxy) is 1. The predicted octanol–water partition coefficient (Wildman–Crippen LogP) is 5.54. The molecule has 1 aliphatic heterocycles. The van der Waals surface area contributed by atoms with E-state index in [1.807, 2.05) is 61.3 Å². The first-order chi connectivity index (χ1) is 16.0. The summed E-state index contributed by atoms with van der Waals surface area (Å²) in [6, 6.07) is 14.0. The molecule has 1 aromatic heterocycles. The van der Waals surface area contributed by atoms with Crippen LogP contribution in [0.5, 0.6) is 5.75 Å². The molecule has 0 saturated carbocycles. The average molecular weight is 480 g/mol. The molecule has 0 radical (unpaired) electrons. The SMILES string of the molecule is Cc1nc(COc2cccc(/C=C/C(=O)Nc3ccc(CN4CCSCC4)cc3C)c2)cs1. The molecule has 1 saturated heterocycles. The van der Waals surface area contributed by atoms with Gasteiger partial charge < -0.3 is 10.1 Å². The summed E-state index contributed by atoms with van der Waals surface area (Å²) in [6.07, 6.45) is 3.36. The molecular weight excluding hydrogens is 450 g/mol. The number of rotatable bonds is 8. The minimum atomic E-state index is -0.150. The highest BCUT2D eigenvalue weighted by atomic mass is 32.2. The summed E-state index contributed by atoms with van der Waals surface area (Å²) in [7, 11) is 0. The molecule has 1 amide bonds. The lowest BCUT2D eigenvalue weighted by molar-refractivity contribution is -0.111. The maximum atomic E-state index is 12.5. The monoisotopic (exact) mass is 479 g/mol. The molecule has 3 aromatic rings. The third-order valence-corrected chi connectivity index (χ3v) is 7.16. The first-order valence-corrected chi connectivity index (χ1v) is 13.1. The van der Waals surface area contributed by atoms with Crippen molar-refractivity contribution in [3.05, 3.63) is 81.3 Å². The molecule has 7 heteroatoms. The Balaban J connectivity index is 1.31. The summed E-state index contributed by atoms with van der Waals surface area (Å²) >= 11 is 3.64. The van der Waals surface area contributed by atoms with Gasteiger partial charge in [0.15, 0.2) is 0 Å². The van der Waals surface area contributed by atoms with E-state index in [1.165, 1.54) is 17.1 Å². The van der Waals surface area contributed by atoms with Crippen molar-refractivity contribution < 1.29 is 9.53 Å². The number of hydrogen-bond acceptors (Lipinski definition) is 6. The molecule has 1 aliphatic rings. The summed E-state index contributed by atoms with van der Waals surface area (Å²) < 4.78 is 5.83. The van der Waals surface area contributed by atoms with Gasteiger partial charge in [-0.05, 0) is 54.8 Å². The fraction of sp³-hybridized carbons (Fsp3) is 0.308. The van der Waals surface area contributed by atoms with Crippen LogP contribution in [-0.2, 0) is 17.9 Å². The molecule has 33 heavy (non-hydrogen) atoms. The number of aryl methyl sites for hydroxylation is 2. The minimum absolute atomic E-state index is 0.150. The van der Waals surface area contributed by atoms with Crippen LogP contribution in [-0.4, -0.2) is 40.4 Å². The van der Waals surface area contributed by atoms with Crippen LogP contribution >= 0.6 is 23.1 Å². The smallest absolute Gasteiger partial charge is 0.248 e. The largest absolute Gasteiger partial charge is 0.487 e. The van der Waals surface area contributed by atoms with Gasteiger partial charge in [0.1, 0.15) is 12.4 Å². The van der Waals surface area contributed by atoms with Crippen LogP contribution in [0.15, 0.2) is 53.9 Å². The molecule has 0 spiro atoms. The number of carbonyl (C=O) groups is 1. The van der Waals surface area contributed by atoms with Crippen molar-refractivity contribution in [3.63, 3.8) is 0 Å². The Morgan fingerprint density at radius 3 is 2.79 bits per heavy atom. The van der Waals surface area contributed by atoms with E-state index in [1.54, 1.807) is 23.5 Å². The topological polar surface area (TPSA) is 54.5 Å². The van der Waals surface area contributed by atoms with Crippen molar-refractivity contribution in [2.75, 3.05) is 29.9 Å². The molecule has 2 heterocycles. The average Bonchev–Trinajstić information content (AvgIpc) is 3.24. The second-order valence-corrected chi connectivity index (χ2v) is 10.4. The van der Waals surface area contributed by atoms with Crippen molar-refractivity contribution in [2.24, 2.45) is 0 Å². The van der Waals surface area contributed by atoms with E-state index in [0.717, 1.165) is 52.9 Å². The van der Waals surface area contributed by atoms with E-state index in [-0.39, 0.29) is 5.91 Å². The fourth-order valence-electron chi connectivity index (χ4n) is 3.67. The van der Waals surface area contributed by atoms with Gasteiger partial charge in [-0.1, -0.05) is 24.3 Å². The number of thiazole rings is 1. The number of amides is 1. The summed E-state index contributed by atoms with van der Waals surface area (Å²) in [5.41, 5.74) is 5.04. The molecule has 4 rings (SSSR count). The third kappa shape index (κ3) is 7.19. The van der Waals surface area contributed by atoms with Crippen LogP contribution in [0.4, 0.5) is 5.69 Å². The van der Waals surface area contributed by atoms with Crippen LogP contribution in [0.2, 0.25) is 0 Å². The standard InChI is InChI=1S/C26H29N3O2S2/c1-19-14-22(16-29-10-12-32-13-11-29)6-8-25(19)28-26(30)9-7-21-4-3-5-24(15-21)31-17-23-18-33-20(2)27-23/h3-9,14-15,18H,10-13,16-17H2,1-2H3,(H,28,30)/b9-7+. The van der Waals surface area contributed by atoms with Crippen LogP contribution in [0.25, 0.3) is 6.08 Å². The van der Waals surface area contributed by atoms with Gasteiger partial charge in [-0.3, -0.25) is 9.69 Å². The molecule has 1 fully saturated rings. The summed E-state index contributed by atoms with van der Waals surface area (Å²) in [5.74, 6) is 3.02. The Hall–Kier alpha value is -2.61. The number of anilines is 1. The van der Waals surface area contributed by atoms with Crippen molar-refractivity contribution in [2.45, 2.75) is 27.0 Å². The van der Waals surface area contributed by atoms with Gasteiger partial charge in [-0.2, -0.15) is 11.8 Å². The summed E-state index contributed by atoms with van der Waals surface area (Å²) in [6.45, 7) is 7.71. The second kappa shape index (κ2) is 11.5. The van der Waals surface area contributed by atoms with Gasteiger partial charge in [0.2, 0.25) is 5.91 Å². The highest BCUT2D eigenvalue weighted by Gasteiger charge is 2.11. The van der Waals surface area contributed by atoms with Crippen LogP contribution in [0, 0.1) is 13.8 Å². The van der Waals surface area contributed by atoms with Gasteiger partial charge in [-0.15, -0.1) is 11.3 Å². The highest BCUT2D eigenvalue weighted by molar-refractivity contribution is 7.99. The van der Waals surface area contributed by atoms with E-state index < -0.39 is 0 Å². The predicted molar refractivity (Wildman–Crippen MR) is 139 cm³/mol. The highest BCUT2D eigenvalue weighted by Crippen LogP contribution is 2.20. The van der Waals surface area contributed by atoms with Gasteiger partial charge in [0.25, 0.3) is 0 Å². The molecule has 5 nitrogen and oxygen atoms in total. The Labute approximate surface area is 203 Å². The van der Waals surface area contributed by atoms with E-state index in [2.05, 4.69) is 27.3 Å². The molecule has 0 bridgehead atoms. The third-order valence-electron chi connectivity index (χ3n) is 5.40. The second-order valence-electron chi connectivity index (χ2n) is 8.08. The van der Waals surface area contributed by atoms with Crippen molar-refractivity contribution in [1.29, 1.82) is 0 Å². The Morgan fingerprint density at radius 2 is 2.03 bits per heavy atom. The number of hydrogen-bond donors (Lipinski definition) is 1. The zero-order valence-corrected chi connectivity index (χ0v) is 20.7. The molecule has 0 aliphatic carbocycles. The number of aromatic nitrogens is 1. The van der Waals surface area contributed by atoms with Gasteiger partial charge >= 0.3 is 0 Å². The molecule has 1 N–H and O–H groups in total. The van der Waals surface area contributed by atoms with E-state index >= 15 is 0 Å². The Bertz CT molecular complexity index is 1120. The maximum absolute atomic E-state index is 12.5. The normalized spacial score (nSPS) is 14.5. The van der Waals surface area contributed by atoms with Crippen LogP contribution < -0.4 is 10.1 Å². The van der Waals surface area contributed by atoms with Gasteiger partial charge in [-0.25, -0.2) is 4.98 Å². The number of nitrogens with zero attached hydrogens (tertiary/aromatic N) is 2. The van der Waals surface area contributed by atoms with Crippen LogP contribution in [0.3, 0.4) is 0 Å². The van der Waals surface area contributed by atoms with Crippen molar-refractivity contribution in [3.8, 4) is 5.75 Å². The minimum Gasteiger partial charge on any atom is -0.487 e. The first kappa shape index (κ1) is 23.5. The molecule has 0 unspecified atom stereocenters. The quantitative estimate of drug-likeness (QED) is 0.430. The van der Waals surface area contributed by atoms with Gasteiger partial charge in [0, 0.05) is 48.3 Å². The number of carbonyl (C=O) groups excluding carboxylic acids is 1. The summed E-state index contributed by atoms with van der Waals surface area (Å²) in [4.78, 5) is 19.4. The van der Waals surface area contributed by atoms with Crippen molar-refractivity contribution in [1.82, 2.24) is 9.88 Å². The van der Waals surface area contributed by atoms with Crippen molar-refractivity contribution >= 4 is 40.8 Å². The van der Waals surface area contributed by atoms with E-state index in [0.29, 0.717) is 6.61 Å². The lowest BCUT2D eigenvalue weighted by Crippen LogP contribution is -2.31. The lowest BCUT2D eigenvalue weighted by atomic mass is 10.1. The summed E-state index contributed by atoms with van der Waals surface area (Å²) in [5, 5.41) is 6.03. The zero-order valence-electron chi connectivity index (χ0n) is 19.0. The molecular formula is C26H29N3O2S2. The molecule has 2 aromatic carbocycles. The fourth-order valence-corrected chi connectivity index (χ4v) is 5.24. The lowest BCUT2D eigenvalue weighted by Gasteiger charge is -2.26. The Morgan fingerprint density at radius 1 is 1.18 bits per heavy atom.